The smallest absolute Gasteiger partial charge is 0.0272 e. The van der Waals surface area contributed by atoms with E-state index in [2.05, 4.69) is 63.4 Å². The zero-order chi connectivity index (χ0) is 13.9. The van der Waals surface area contributed by atoms with Gasteiger partial charge >= 0.3 is 0 Å². The van der Waals surface area contributed by atoms with Crippen molar-refractivity contribution >= 4 is 17.4 Å². The van der Waals surface area contributed by atoms with E-state index in [0.717, 1.165) is 0 Å². The van der Waals surface area contributed by atoms with Crippen LogP contribution in [-0.4, -0.2) is 0 Å². The molecule has 1 heteroatoms. The van der Waals surface area contributed by atoms with Gasteiger partial charge in [0, 0.05) is 4.88 Å². The molecule has 1 aliphatic rings. The van der Waals surface area contributed by atoms with Crippen LogP contribution < -0.4 is 0 Å². The summed E-state index contributed by atoms with van der Waals surface area (Å²) in [6, 6.07) is 4.27. The Labute approximate surface area is 121 Å². The van der Waals surface area contributed by atoms with Gasteiger partial charge in [-0.1, -0.05) is 37.6 Å². The standard InChI is InChI=1S/C18H24S/c1-14(13-16-8-6-12-19-16)9-10-17-15(2)7-5-11-18(17,3)4/h6,8-10,12-13H,5,7,11H2,1-4H3. The van der Waals surface area contributed by atoms with Crippen LogP contribution in [0.4, 0.5) is 0 Å². The molecule has 0 nitrogen and oxygen atoms in total. The predicted octanol–water partition coefficient (Wildman–Crippen LogP) is 6.23. The summed E-state index contributed by atoms with van der Waals surface area (Å²) in [7, 11) is 0. The maximum atomic E-state index is 2.37. The molecule has 0 N–H and O–H groups in total. The van der Waals surface area contributed by atoms with Gasteiger partial charge in [0.15, 0.2) is 0 Å². The lowest BCUT2D eigenvalue weighted by Crippen LogP contribution is -2.19. The van der Waals surface area contributed by atoms with Crippen molar-refractivity contribution in [2.24, 2.45) is 5.41 Å². The fourth-order valence-corrected chi connectivity index (χ4v) is 3.60. The summed E-state index contributed by atoms with van der Waals surface area (Å²) in [6.45, 7) is 9.21. The van der Waals surface area contributed by atoms with Crippen LogP contribution in [0.2, 0.25) is 0 Å². The molecule has 1 aromatic heterocycles. The molecule has 0 unspecified atom stereocenters. The minimum atomic E-state index is 0.335. The highest BCUT2D eigenvalue weighted by atomic mass is 32.1. The van der Waals surface area contributed by atoms with Crippen molar-refractivity contribution in [3.05, 3.63) is 51.3 Å². The van der Waals surface area contributed by atoms with Crippen molar-refractivity contribution in [2.75, 3.05) is 0 Å². The second kappa shape index (κ2) is 5.92. The monoisotopic (exact) mass is 272 g/mol. The molecule has 0 amide bonds. The second-order valence-corrected chi connectivity index (χ2v) is 7.15. The normalized spacial score (nSPS) is 20.3. The third-order valence-electron chi connectivity index (χ3n) is 3.97. The Morgan fingerprint density at radius 2 is 2.16 bits per heavy atom. The highest BCUT2D eigenvalue weighted by molar-refractivity contribution is 7.10. The first-order valence-corrected chi connectivity index (χ1v) is 7.97. The quantitative estimate of drug-likeness (QED) is 0.572. The van der Waals surface area contributed by atoms with Gasteiger partial charge in [-0.25, -0.2) is 0 Å². The Morgan fingerprint density at radius 3 is 2.79 bits per heavy atom. The van der Waals surface area contributed by atoms with Crippen LogP contribution in [0.1, 0.15) is 51.8 Å². The Kier molecular flexibility index (Phi) is 4.46. The molecule has 1 heterocycles. The van der Waals surface area contributed by atoms with E-state index in [-0.39, 0.29) is 0 Å². The number of hydrogen-bond acceptors (Lipinski definition) is 1. The first-order chi connectivity index (χ1) is 8.99. The molecule has 0 bridgehead atoms. The van der Waals surface area contributed by atoms with Crippen molar-refractivity contribution < 1.29 is 0 Å². The SMILES string of the molecule is CC(C=CC1=C(C)CCCC1(C)C)=Cc1cccs1. The third-order valence-corrected chi connectivity index (χ3v) is 4.79. The molecule has 0 fully saturated rings. The van der Waals surface area contributed by atoms with E-state index in [9.17, 15) is 0 Å². The largest absolute Gasteiger partial charge is 0.144 e. The number of allylic oxidation sites excluding steroid dienone is 5. The van der Waals surface area contributed by atoms with Crippen LogP contribution in [0.3, 0.4) is 0 Å². The van der Waals surface area contributed by atoms with E-state index in [1.54, 1.807) is 16.9 Å². The molecular weight excluding hydrogens is 248 g/mol. The van der Waals surface area contributed by atoms with E-state index in [1.807, 2.05) is 0 Å². The summed E-state index contributed by atoms with van der Waals surface area (Å²) in [6.07, 6.45) is 10.8. The number of thiophene rings is 1. The average molecular weight is 272 g/mol. The second-order valence-electron chi connectivity index (χ2n) is 6.17. The fourth-order valence-electron chi connectivity index (χ4n) is 2.87. The molecule has 0 aliphatic heterocycles. The van der Waals surface area contributed by atoms with Gasteiger partial charge in [0.1, 0.15) is 0 Å². The Balaban J connectivity index is 2.18. The van der Waals surface area contributed by atoms with Gasteiger partial charge in [-0.2, -0.15) is 0 Å². The zero-order valence-electron chi connectivity index (χ0n) is 12.5. The van der Waals surface area contributed by atoms with Crippen LogP contribution in [0, 0.1) is 5.41 Å². The Morgan fingerprint density at radius 1 is 1.37 bits per heavy atom. The van der Waals surface area contributed by atoms with Crippen molar-refractivity contribution in [1.82, 2.24) is 0 Å². The Bertz CT molecular complexity index is 510. The summed E-state index contributed by atoms with van der Waals surface area (Å²) in [5, 5.41) is 2.12. The van der Waals surface area contributed by atoms with E-state index in [0.29, 0.717) is 5.41 Å². The topological polar surface area (TPSA) is 0 Å². The minimum Gasteiger partial charge on any atom is -0.144 e. The fraction of sp³-hybridized carbons (Fsp3) is 0.444. The summed E-state index contributed by atoms with van der Waals surface area (Å²) in [4.78, 5) is 1.33. The molecule has 102 valence electrons. The van der Waals surface area contributed by atoms with Gasteiger partial charge in [0.05, 0.1) is 0 Å². The van der Waals surface area contributed by atoms with E-state index < -0.39 is 0 Å². The Hall–Kier alpha value is -1.08. The van der Waals surface area contributed by atoms with Crippen LogP contribution in [0.25, 0.3) is 6.08 Å². The number of rotatable bonds is 3. The molecule has 1 aromatic rings. The molecule has 2 rings (SSSR count). The van der Waals surface area contributed by atoms with Crippen LogP contribution in [0.15, 0.2) is 46.4 Å². The van der Waals surface area contributed by atoms with E-state index in [1.165, 1.54) is 35.3 Å². The number of hydrogen-bond donors (Lipinski definition) is 0. The van der Waals surface area contributed by atoms with Crippen molar-refractivity contribution in [2.45, 2.75) is 47.0 Å². The highest BCUT2D eigenvalue weighted by Crippen LogP contribution is 2.40. The highest BCUT2D eigenvalue weighted by Gasteiger charge is 2.26. The lowest BCUT2D eigenvalue weighted by Gasteiger charge is -2.32. The third kappa shape index (κ3) is 3.70. The van der Waals surface area contributed by atoms with E-state index in [4.69, 9.17) is 0 Å². The van der Waals surface area contributed by atoms with Gasteiger partial charge < -0.3 is 0 Å². The lowest BCUT2D eigenvalue weighted by molar-refractivity contribution is 0.377. The minimum absolute atomic E-state index is 0.335. The molecule has 1 aliphatic carbocycles. The first-order valence-electron chi connectivity index (χ1n) is 7.09. The maximum Gasteiger partial charge on any atom is 0.0272 e. The molecule has 0 saturated heterocycles. The van der Waals surface area contributed by atoms with Crippen LogP contribution in [-0.2, 0) is 0 Å². The molecule has 0 saturated carbocycles. The molecule has 0 aromatic carbocycles. The van der Waals surface area contributed by atoms with E-state index >= 15 is 0 Å². The summed E-state index contributed by atoms with van der Waals surface area (Å²) in [5.41, 5.74) is 4.76. The van der Waals surface area contributed by atoms with Gasteiger partial charge in [-0.15, -0.1) is 11.3 Å². The van der Waals surface area contributed by atoms with Crippen LogP contribution >= 0.6 is 11.3 Å². The first kappa shape index (κ1) is 14.3. The lowest BCUT2D eigenvalue weighted by atomic mass is 9.72. The molecule has 0 atom stereocenters. The average Bonchev–Trinajstić information content (AvgIpc) is 2.80. The van der Waals surface area contributed by atoms with Gasteiger partial charge in [-0.05, 0) is 67.2 Å². The predicted molar refractivity (Wildman–Crippen MR) is 87.4 cm³/mol. The van der Waals surface area contributed by atoms with Gasteiger partial charge in [0.25, 0.3) is 0 Å². The van der Waals surface area contributed by atoms with Crippen molar-refractivity contribution in [1.29, 1.82) is 0 Å². The van der Waals surface area contributed by atoms with Gasteiger partial charge in [0.2, 0.25) is 0 Å². The molecule has 0 spiro atoms. The summed E-state index contributed by atoms with van der Waals surface area (Å²) in [5.74, 6) is 0. The van der Waals surface area contributed by atoms with Gasteiger partial charge in [-0.3, -0.25) is 0 Å². The molecule has 19 heavy (non-hydrogen) atoms. The maximum absolute atomic E-state index is 2.37. The zero-order valence-corrected chi connectivity index (χ0v) is 13.3. The van der Waals surface area contributed by atoms with Crippen molar-refractivity contribution in [3.8, 4) is 0 Å². The summed E-state index contributed by atoms with van der Waals surface area (Å²) < 4.78 is 0. The van der Waals surface area contributed by atoms with Crippen LogP contribution in [0.5, 0.6) is 0 Å². The summed E-state index contributed by atoms with van der Waals surface area (Å²) >= 11 is 1.79. The van der Waals surface area contributed by atoms with Crippen molar-refractivity contribution in [3.63, 3.8) is 0 Å². The molecule has 0 radical (unpaired) electrons. The molecular formula is C18H24S.